The van der Waals surface area contributed by atoms with Gasteiger partial charge in [-0.05, 0) is 37.6 Å². The van der Waals surface area contributed by atoms with Crippen LogP contribution in [0.1, 0.15) is 47.9 Å². The van der Waals surface area contributed by atoms with E-state index in [-0.39, 0.29) is 5.91 Å². The fourth-order valence-corrected chi connectivity index (χ4v) is 5.92. The summed E-state index contributed by atoms with van der Waals surface area (Å²) in [6, 6.07) is 1.02. The molecule has 3 aliphatic rings. The number of amides is 1. The molecule has 3 aliphatic heterocycles. The molecule has 0 spiro atoms. The molecule has 3 fully saturated rings. The Bertz CT molecular complexity index is 892. The van der Waals surface area contributed by atoms with Gasteiger partial charge in [-0.25, -0.2) is 9.97 Å². The summed E-state index contributed by atoms with van der Waals surface area (Å²) in [5.74, 6) is 2.80. The molecule has 5 heterocycles. The second kappa shape index (κ2) is 8.15. The van der Waals surface area contributed by atoms with E-state index >= 15 is 0 Å². The van der Waals surface area contributed by atoms with Crippen molar-refractivity contribution >= 4 is 5.91 Å². The molecule has 0 unspecified atom stereocenters. The predicted molar refractivity (Wildman–Crippen MR) is 112 cm³/mol. The maximum atomic E-state index is 12.6. The summed E-state index contributed by atoms with van der Waals surface area (Å²) >= 11 is 0. The summed E-state index contributed by atoms with van der Waals surface area (Å²) in [5.41, 5.74) is 0.372. The number of nitrogens with one attached hydrogen (secondary N) is 1. The lowest BCUT2D eigenvalue weighted by Crippen LogP contribution is -2.65. The van der Waals surface area contributed by atoms with Crippen molar-refractivity contribution in [2.24, 2.45) is 18.9 Å². The number of aromatic nitrogens is 3. The average molecular weight is 413 g/mol. The number of imidazole rings is 1. The highest BCUT2D eigenvalue weighted by molar-refractivity contribution is 5.91. The van der Waals surface area contributed by atoms with Crippen LogP contribution in [-0.2, 0) is 13.6 Å². The van der Waals surface area contributed by atoms with Gasteiger partial charge in [0.25, 0.3) is 5.91 Å². The first kappa shape index (κ1) is 19.8. The fraction of sp³-hybridized carbons (Fsp3) is 0.682. The predicted octanol–water partition coefficient (Wildman–Crippen LogP) is 1.82. The Balaban J connectivity index is 1.30. The van der Waals surface area contributed by atoms with Crippen molar-refractivity contribution in [1.29, 1.82) is 0 Å². The molecule has 0 aliphatic carbocycles. The van der Waals surface area contributed by atoms with Crippen molar-refractivity contribution in [1.82, 2.24) is 29.7 Å². The van der Waals surface area contributed by atoms with E-state index in [1.807, 2.05) is 12.4 Å². The van der Waals surface area contributed by atoms with Gasteiger partial charge in [0.15, 0.2) is 11.6 Å². The van der Waals surface area contributed by atoms with Gasteiger partial charge in [-0.1, -0.05) is 6.42 Å². The Morgan fingerprint density at radius 1 is 1.30 bits per heavy atom. The highest BCUT2D eigenvalue weighted by atomic mass is 16.3. The van der Waals surface area contributed by atoms with Gasteiger partial charge in [0.05, 0.1) is 6.54 Å². The zero-order valence-corrected chi connectivity index (χ0v) is 18.0. The maximum Gasteiger partial charge on any atom is 0.273 e. The van der Waals surface area contributed by atoms with Crippen molar-refractivity contribution in [3.63, 3.8) is 0 Å². The number of carbonyl (C=O) groups is 1. The van der Waals surface area contributed by atoms with Crippen LogP contribution in [0.3, 0.4) is 0 Å². The van der Waals surface area contributed by atoms with Gasteiger partial charge < -0.3 is 14.3 Å². The average Bonchev–Trinajstić information content (AvgIpc) is 3.36. The fourth-order valence-electron chi connectivity index (χ4n) is 5.92. The normalized spacial score (nSPS) is 29.5. The van der Waals surface area contributed by atoms with Crippen LogP contribution in [0.25, 0.3) is 0 Å². The van der Waals surface area contributed by atoms with Crippen LogP contribution in [-0.4, -0.2) is 68.5 Å². The zero-order valence-electron chi connectivity index (χ0n) is 18.0. The summed E-state index contributed by atoms with van der Waals surface area (Å²) in [6.07, 6.45) is 10.5. The largest absolute Gasteiger partial charge is 0.448 e. The molecule has 2 aromatic rings. The van der Waals surface area contributed by atoms with Crippen molar-refractivity contribution in [3.8, 4) is 0 Å². The van der Waals surface area contributed by atoms with E-state index in [0.717, 1.165) is 37.9 Å². The van der Waals surface area contributed by atoms with Gasteiger partial charge >= 0.3 is 0 Å². The number of hydrogen-bond acceptors (Lipinski definition) is 6. The minimum absolute atomic E-state index is 0.136. The van der Waals surface area contributed by atoms with Crippen LogP contribution in [0, 0.1) is 18.8 Å². The van der Waals surface area contributed by atoms with E-state index in [9.17, 15) is 4.79 Å². The number of oxazole rings is 1. The van der Waals surface area contributed by atoms with Crippen LogP contribution in [0.4, 0.5) is 0 Å². The first-order valence-electron chi connectivity index (χ1n) is 11.2. The lowest BCUT2D eigenvalue weighted by Gasteiger charge is -2.56. The quantitative estimate of drug-likeness (QED) is 0.807. The first-order chi connectivity index (χ1) is 14.6. The number of hydrogen-bond donors (Lipinski definition) is 1. The summed E-state index contributed by atoms with van der Waals surface area (Å²) in [6.45, 7) is 6.71. The highest BCUT2D eigenvalue weighted by Crippen LogP contribution is 2.41. The molecule has 8 heteroatoms. The van der Waals surface area contributed by atoms with Crippen molar-refractivity contribution < 1.29 is 9.21 Å². The maximum absolute atomic E-state index is 12.6. The van der Waals surface area contributed by atoms with E-state index in [1.165, 1.54) is 31.9 Å². The monoisotopic (exact) mass is 412 g/mol. The minimum atomic E-state index is -0.136. The van der Waals surface area contributed by atoms with E-state index in [0.29, 0.717) is 36.1 Å². The molecular formula is C22H32N6O2. The van der Waals surface area contributed by atoms with Gasteiger partial charge in [0.2, 0.25) is 0 Å². The van der Waals surface area contributed by atoms with Gasteiger partial charge in [-0.3, -0.25) is 14.6 Å². The first-order valence-corrected chi connectivity index (χ1v) is 11.2. The van der Waals surface area contributed by atoms with E-state index in [4.69, 9.17) is 4.42 Å². The number of fused-ring (bicyclic) bond motifs is 4. The molecule has 1 amide bonds. The molecule has 5 rings (SSSR count). The van der Waals surface area contributed by atoms with E-state index in [1.54, 1.807) is 6.92 Å². The third-order valence-corrected chi connectivity index (χ3v) is 7.31. The molecular weight excluding hydrogens is 380 g/mol. The standard InChI is InChI=1S/C22H32N6O2/c1-15-25-18(14-30-15)22(29)24-10-20-17-9-16(19-5-3-4-7-28(19)20)11-27(12-17)13-21-23-6-8-26(21)2/h6,8,14,16-17,19-20H,3-5,7,9-13H2,1-2H3,(H,24,29)/t16-,17+,19+,20+/m1/s1. The molecule has 0 saturated carbocycles. The molecule has 162 valence electrons. The number of carbonyl (C=O) groups excluding carboxylic acids is 1. The summed E-state index contributed by atoms with van der Waals surface area (Å²) in [5, 5.41) is 3.15. The number of piperidine rings is 3. The molecule has 30 heavy (non-hydrogen) atoms. The number of aryl methyl sites for hydroxylation is 2. The third-order valence-electron chi connectivity index (χ3n) is 7.31. The summed E-state index contributed by atoms with van der Waals surface area (Å²) in [4.78, 5) is 26.6. The van der Waals surface area contributed by atoms with Gasteiger partial charge in [0, 0.05) is 58.1 Å². The van der Waals surface area contributed by atoms with Crippen LogP contribution >= 0.6 is 0 Å². The smallest absolute Gasteiger partial charge is 0.273 e. The molecule has 0 aromatic carbocycles. The van der Waals surface area contributed by atoms with Crippen LogP contribution in [0.2, 0.25) is 0 Å². The molecule has 4 atom stereocenters. The second-order valence-electron chi connectivity index (χ2n) is 9.23. The minimum Gasteiger partial charge on any atom is -0.448 e. The zero-order chi connectivity index (χ0) is 20.7. The second-order valence-corrected chi connectivity index (χ2v) is 9.23. The third kappa shape index (κ3) is 3.78. The van der Waals surface area contributed by atoms with Gasteiger partial charge in [-0.2, -0.15) is 0 Å². The van der Waals surface area contributed by atoms with Crippen LogP contribution in [0.15, 0.2) is 23.1 Å². The molecule has 8 nitrogen and oxygen atoms in total. The molecule has 1 N–H and O–H groups in total. The van der Waals surface area contributed by atoms with Crippen molar-refractivity contribution in [3.05, 3.63) is 36.1 Å². The Morgan fingerprint density at radius 2 is 2.17 bits per heavy atom. The van der Waals surface area contributed by atoms with Crippen molar-refractivity contribution in [2.75, 3.05) is 26.2 Å². The molecule has 2 aromatic heterocycles. The van der Waals surface area contributed by atoms with Crippen LogP contribution in [0.5, 0.6) is 0 Å². The van der Waals surface area contributed by atoms with Gasteiger partial charge in [-0.15, -0.1) is 0 Å². The molecule has 0 radical (unpaired) electrons. The van der Waals surface area contributed by atoms with E-state index < -0.39 is 0 Å². The highest BCUT2D eigenvalue weighted by Gasteiger charge is 2.47. The van der Waals surface area contributed by atoms with Crippen molar-refractivity contribution in [2.45, 2.75) is 51.2 Å². The lowest BCUT2D eigenvalue weighted by atomic mass is 9.72. The van der Waals surface area contributed by atoms with E-state index in [2.05, 4.69) is 36.7 Å². The SMILES string of the molecule is Cc1nc(C(=O)NC[C@H]2[C@H]3C[C@H](CN(Cc4nccn4C)C3)[C@@H]3CCCCN32)co1. The lowest BCUT2D eigenvalue weighted by molar-refractivity contribution is -0.0723. The number of nitrogens with zero attached hydrogens (tertiary/aromatic N) is 5. The Kier molecular flexibility index (Phi) is 5.37. The Morgan fingerprint density at radius 3 is 2.93 bits per heavy atom. The van der Waals surface area contributed by atoms with Gasteiger partial charge in [0.1, 0.15) is 12.1 Å². The topological polar surface area (TPSA) is 79.4 Å². The molecule has 2 bridgehead atoms. The van der Waals surface area contributed by atoms with Crippen LogP contribution < -0.4 is 5.32 Å². The number of rotatable bonds is 5. The summed E-state index contributed by atoms with van der Waals surface area (Å²) in [7, 11) is 2.07. The molecule has 3 saturated heterocycles. The number of likely N-dealkylation sites (tertiary alicyclic amines) is 1. The Labute approximate surface area is 177 Å². The Hall–Kier alpha value is -2.19. The summed E-state index contributed by atoms with van der Waals surface area (Å²) < 4.78 is 7.33.